The molecule has 0 radical (unpaired) electrons. The van der Waals surface area contributed by atoms with Crippen molar-refractivity contribution in [2.45, 2.75) is 4.90 Å². The number of ether oxygens (including phenoxy) is 1. The highest BCUT2D eigenvalue weighted by Gasteiger charge is 2.21. The van der Waals surface area contributed by atoms with E-state index in [2.05, 4.69) is 9.82 Å². The van der Waals surface area contributed by atoms with Crippen LogP contribution in [0.3, 0.4) is 0 Å². The number of aryl methyl sites for hydroxylation is 1. The summed E-state index contributed by atoms with van der Waals surface area (Å²) in [6.07, 6.45) is 1.31. The fraction of sp³-hybridized carbons (Fsp3) is 0.182. The zero-order valence-electron chi connectivity index (χ0n) is 10.8. The molecule has 0 amide bonds. The van der Waals surface area contributed by atoms with Crippen LogP contribution in [0.25, 0.3) is 0 Å². The summed E-state index contributed by atoms with van der Waals surface area (Å²) >= 11 is 5.96. The normalized spacial score (nSPS) is 11.3. The first-order chi connectivity index (χ1) is 9.33. The molecule has 2 rings (SSSR count). The number of nitrogens with zero attached hydrogens (tertiary/aromatic N) is 2. The second kappa shape index (κ2) is 5.22. The van der Waals surface area contributed by atoms with Gasteiger partial charge in [0.05, 0.1) is 17.8 Å². The fourth-order valence-electron chi connectivity index (χ4n) is 1.60. The monoisotopic (exact) mass is 316 g/mol. The lowest BCUT2D eigenvalue weighted by atomic mass is 10.3. The van der Waals surface area contributed by atoms with Crippen LogP contribution in [0.2, 0.25) is 5.02 Å². The molecule has 9 heteroatoms. The average molecular weight is 317 g/mol. The molecule has 0 aliphatic rings. The van der Waals surface area contributed by atoms with Crippen LogP contribution < -0.4 is 15.2 Å². The molecule has 1 aromatic carbocycles. The summed E-state index contributed by atoms with van der Waals surface area (Å²) in [5.74, 6) is 0.394. The van der Waals surface area contributed by atoms with Crippen molar-refractivity contribution in [1.29, 1.82) is 0 Å². The van der Waals surface area contributed by atoms with Crippen molar-refractivity contribution < 1.29 is 13.2 Å². The molecule has 0 aliphatic carbocycles. The highest BCUT2D eigenvalue weighted by Crippen LogP contribution is 2.29. The molecule has 0 atom stereocenters. The van der Waals surface area contributed by atoms with E-state index in [0.29, 0.717) is 5.75 Å². The van der Waals surface area contributed by atoms with E-state index >= 15 is 0 Å². The molecule has 1 aromatic heterocycles. The number of nitrogens with one attached hydrogen (secondary N) is 1. The van der Waals surface area contributed by atoms with Gasteiger partial charge in [-0.25, -0.2) is 8.42 Å². The van der Waals surface area contributed by atoms with E-state index in [1.807, 2.05) is 0 Å². The SMILES string of the molecule is COc1ccc(Cl)c(NS(=O)(=O)c2cn(C)nc2N)c1. The molecule has 2 aromatic rings. The van der Waals surface area contributed by atoms with Crippen molar-refractivity contribution in [3.8, 4) is 5.75 Å². The molecule has 0 spiro atoms. The summed E-state index contributed by atoms with van der Waals surface area (Å²) < 4.78 is 33.2. The van der Waals surface area contributed by atoms with Gasteiger partial charge in [0.15, 0.2) is 5.82 Å². The summed E-state index contributed by atoms with van der Waals surface area (Å²) in [4.78, 5) is -0.112. The summed E-state index contributed by atoms with van der Waals surface area (Å²) in [6, 6.07) is 4.63. The van der Waals surface area contributed by atoms with Crippen molar-refractivity contribution in [2.75, 3.05) is 17.6 Å². The van der Waals surface area contributed by atoms with E-state index in [1.54, 1.807) is 13.1 Å². The number of hydrogen-bond donors (Lipinski definition) is 2. The second-order valence-electron chi connectivity index (χ2n) is 4.00. The van der Waals surface area contributed by atoms with E-state index in [0.717, 1.165) is 0 Å². The van der Waals surface area contributed by atoms with E-state index < -0.39 is 10.0 Å². The Morgan fingerprint density at radius 2 is 2.15 bits per heavy atom. The standard InChI is InChI=1S/C11H13ClN4O3S/c1-16-6-10(11(13)14-16)20(17,18)15-9-5-7(19-2)3-4-8(9)12/h3-6,15H,1-2H3,(H2,13,14). The van der Waals surface area contributed by atoms with Gasteiger partial charge in [-0.15, -0.1) is 0 Å². The minimum Gasteiger partial charge on any atom is -0.497 e. The van der Waals surface area contributed by atoms with Crippen LogP contribution >= 0.6 is 11.6 Å². The first-order valence-electron chi connectivity index (χ1n) is 5.49. The molecule has 108 valence electrons. The number of halogens is 1. The second-order valence-corrected chi connectivity index (χ2v) is 6.06. The number of methoxy groups -OCH3 is 1. The largest absolute Gasteiger partial charge is 0.497 e. The lowest BCUT2D eigenvalue weighted by molar-refractivity contribution is 0.415. The average Bonchev–Trinajstić information content (AvgIpc) is 2.72. The summed E-state index contributed by atoms with van der Waals surface area (Å²) in [5, 5.41) is 4.04. The van der Waals surface area contributed by atoms with Gasteiger partial charge < -0.3 is 10.5 Å². The van der Waals surface area contributed by atoms with Crippen LogP contribution in [0.1, 0.15) is 0 Å². The number of nitrogens with two attached hydrogens (primary N) is 1. The Morgan fingerprint density at radius 3 is 2.70 bits per heavy atom. The molecule has 0 bridgehead atoms. The number of sulfonamides is 1. The molecule has 20 heavy (non-hydrogen) atoms. The third-order valence-corrected chi connectivity index (χ3v) is 4.24. The molecule has 7 nitrogen and oxygen atoms in total. The van der Waals surface area contributed by atoms with Crippen LogP contribution in [-0.2, 0) is 17.1 Å². The van der Waals surface area contributed by atoms with Gasteiger partial charge in [0, 0.05) is 19.3 Å². The van der Waals surface area contributed by atoms with E-state index in [1.165, 1.54) is 30.1 Å². The molecule has 0 aliphatic heterocycles. The van der Waals surface area contributed by atoms with Gasteiger partial charge in [-0.1, -0.05) is 11.6 Å². The van der Waals surface area contributed by atoms with Crippen LogP contribution in [0.5, 0.6) is 5.75 Å². The summed E-state index contributed by atoms with van der Waals surface area (Å²) in [6.45, 7) is 0. The molecule has 1 heterocycles. The highest BCUT2D eigenvalue weighted by molar-refractivity contribution is 7.92. The predicted molar refractivity (Wildman–Crippen MR) is 76.4 cm³/mol. The molecule has 0 saturated carbocycles. The maximum Gasteiger partial charge on any atom is 0.267 e. The Hall–Kier alpha value is -1.93. The van der Waals surface area contributed by atoms with Crippen molar-refractivity contribution >= 4 is 33.1 Å². The number of hydrogen-bond acceptors (Lipinski definition) is 5. The zero-order valence-corrected chi connectivity index (χ0v) is 12.4. The number of nitrogen functional groups attached to an aromatic ring is 1. The quantitative estimate of drug-likeness (QED) is 0.889. The van der Waals surface area contributed by atoms with Crippen molar-refractivity contribution in [2.24, 2.45) is 7.05 Å². The van der Waals surface area contributed by atoms with E-state index in [4.69, 9.17) is 22.1 Å². The summed E-state index contributed by atoms with van der Waals surface area (Å²) in [5.41, 5.74) is 5.77. The lowest BCUT2D eigenvalue weighted by Crippen LogP contribution is -2.14. The Kier molecular flexibility index (Phi) is 3.78. The predicted octanol–water partition coefficient (Wildman–Crippen LogP) is 1.47. The van der Waals surface area contributed by atoms with E-state index in [9.17, 15) is 8.42 Å². The Labute approximate surface area is 121 Å². The minimum atomic E-state index is -3.87. The van der Waals surface area contributed by atoms with Gasteiger partial charge in [-0.2, -0.15) is 5.10 Å². The van der Waals surface area contributed by atoms with Gasteiger partial charge in [-0.05, 0) is 12.1 Å². The number of anilines is 2. The number of rotatable bonds is 4. The molecule has 3 N–H and O–H groups in total. The van der Waals surface area contributed by atoms with Gasteiger partial charge in [0.1, 0.15) is 10.6 Å². The summed E-state index contributed by atoms with van der Waals surface area (Å²) in [7, 11) is -0.819. The number of aromatic nitrogens is 2. The van der Waals surface area contributed by atoms with Gasteiger partial charge >= 0.3 is 0 Å². The van der Waals surface area contributed by atoms with Crippen molar-refractivity contribution in [3.05, 3.63) is 29.4 Å². The molecule has 0 saturated heterocycles. The zero-order chi connectivity index (χ0) is 14.9. The Balaban J connectivity index is 2.40. The minimum absolute atomic E-state index is 0.0842. The molecular weight excluding hydrogens is 304 g/mol. The van der Waals surface area contributed by atoms with E-state index in [-0.39, 0.29) is 21.4 Å². The maximum absolute atomic E-state index is 12.2. The van der Waals surface area contributed by atoms with Crippen LogP contribution in [0.4, 0.5) is 11.5 Å². The van der Waals surface area contributed by atoms with Gasteiger partial charge in [0.2, 0.25) is 0 Å². The molecule has 0 fully saturated rings. The topological polar surface area (TPSA) is 99.2 Å². The fourth-order valence-corrected chi connectivity index (χ4v) is 3.00. The van der Waals surface area contributed by atoms with Crippen LogP contribution in [-0.4, -0.2) is 25.3 Å². The smallest absolute Gasteiger partial charge is 0.267 e. The third kappa shape index (κ3) is 2.81. The highest BCUT2D eigenvalue weighted by atomic mass is 35.5. The van der Waals surface area contributed by atoms with Crippen molar-refractivity contribution in [1.82, 2.24) is 9.78 Å². The first kappa shape index (κ1) is 14.5. The Morgan fingerprint density at radius 1 is 1.45 bits per heavy atom. The molecule has 0 unspecified atom stereocenters. The van der Waals surface area contributed by atoms with Gasteiger partial charge in [-0.3, -0.25) is 9.40 Å². The van der Waals surface area contributed by atoms with Gasteiger partial charge in [0.25, 0.3) is 10.0 Å². The van der Waals surface area contributed by atoms with Crippen LogP contribution in [0, 0.1) is 0 Å². The lowest BCUT2D eigenvalue weighted by Gasteiger charge is -2.10. The van der Waals surface area contributed by atoms with Crippen molar-refractivity contribution in [3.63, 3.8) is 0 Å². The molecular formula is C11H13ClN4O3S. The van der Waals surface area contributed by atoms with Crippen LogP contribution in [0.15, 0.2) is 29.3 Å². The Bertz CT molecular complexity index is 742. The number of benzene rings is 1. The maximum atomic E-state index is 12.2. The first-order valence-corrected chi connectivity index (χ1v) is 7.35. The third-order valence-electron chi connectivity index (χ3n) is 2.53.